The number of halogens is 2. The summed E-state index contributed by atoms with van der Waals surface area (Å²) in [4.78, 5) is 26.4. The molecule has 0 aromatic heterocycles. The molecule has 7 heteroatoms. The van der Waals surface area contributed by atoms with E-state index in [0.29, 0.717) is 18.1 Å². The zero-order chi connectivity index (χ0) is 18.7. The fourth-order valence-corrected chi connectivity index (χ4v) is 4.78. The number of ether oxygens (including phenoxy) is 1. The molecule has 0 atom stereocenters. The van der Waals surface area contributed by atoms with Gasteiger partial charge in [0, 0.05) is 6.04 Å². The standard InChI is InChI=1S/C19H20Br2N2O3/c1-2-8-26-17-14(20)9-12(10-15(17)21)11-16-18(24)23(19(25)22-16)13-6-4-3-5-7-13/h2,9-11,13H,1,3-8H2,(H,22,25)/b16-11-. The largest absolute Gasteiger partial charge is 0.487 e. The van der Waals surface area contributed by atoms with E-state index in [9.17, 15) is 9.59 Å². The van der Waals surface area contributed by atoms with Crippen LogP contribution in [-0.4, -0.2) is 29.5 Å². The lowest BCUT2D eigenvalue weighted by Crippen LogP contribution is -2.41. The Labute approximate surface area is 169 Å². The van der Waals surface area contributed by atoms with Crippen molar-refractivity contribution in [1.29, 1.82) is 0 Å². The minimum atomic E-state index is -0.322. The topological polar surface area (TPSA) is 58.6 Å². The van der Waals surface area contributed by atoms with E-state index in [4.69, 9.17) is 4.74 Å². The lowest BCUT2D eigenvalue weighted by molar-refractivity contribution is -0.124. The molecule has 5 nitrogen and oxygen atoms in total. The Morgan fingerprint density at radius 1 is 1.19 bits per heavy atom. The smallest absolute Gasteiger partial charge is 0.329 e. The highest BCUT2D eigenvalue weighted by Crippen LogP contribution is 2.36. The van der Waals surface area contributed by atoms with E-state index in [1.807, 2.05) is 12.1 Å². The SMILES string of the molecule is C=CCOc1c(Br)cc(/C=C2\NC(=O)N(C3CCCCC3)C2=O)cc1Br. The number of rotatable bonds is 5. The van der Waals surface area contributed by atoms with Gasteiger partial charge in [0.15, 0.2) is 0 Å². The number of amides is 3. The number of benzene rings is 1. The van der Waals surface area contributed by atoms with Gasteiger partial charge in [-0.25, -0.2) is 4.79 Å². The molecule has 3 amide bonds. The molecular weight excluding hydrogens is 464 g/mol. The average Bonchev–Trinajstić information content (AvgIpc) is 2.88. The summed E-state index contributed by atoms with van der Waals surface area (Å²) in [6, 6.07) is 3.38. The van der Waals surface area contributed by atoms with Gasteiger partial charge >= 0.3 is 6.03 Å². The van der Waals surface area contributed by atoms with Gasteiger partial charge in [-0.15, -0.1) is 0 Å². The Kier molecular flexibility index (Phi) is 6.19. The summed E-state index contributed by atoms with van der Waals surface area (Å²) in [7, 11) is 0. The maximum absolute atomic E-state index is 12.7. The molecule has 0 spiro atoms. The Bertz CT molecular complexity index is 747. The summed E-state index contributed by atoms with van der Waals surface area (Å²) in [6.45, 7) is 4.03. The molecule has 1 N–H and O–H groups in total. The van der Waals surface area contributed by atoms with Crippen LogP contribution >= 0.6 is 31.9 Å². The van der Waals surface area contributed by atoms with Crippen molar-refractivity contribution < 1.29 is 14.3 Å². The summed E-state index contributed by atoms with van der Waals surface area (Å²) in [6.07, 6.45) is 8.43. The van der Waals surface area contributed by atoms with Crippen molar-refractivity contribution in [2.75, 3.05) is 6.61 Å². The summed E-state index contributed by atoms with van der Waals surface area (Å²) in [5, 5.41) is 2.71. The van der Waals surface area contributed by atoms with Gasteiger partial charge in [0.2, 0.25) is 0 Å². The first-order chi connectivity index (χ1) is 12.5. The molecule has 3 rings (SSSR count). The molecule has 1 saturated carbocycles. The molecule has 1 heterocycles. The van der Waals surface area contributed by atoms with Crippen molar-refractivity contribution in [2.45, 2.75) is 38.1 Å². The van der Waals surface area contributed by atoms with Crippen LogP contribution in [0.3, 0.4) is 0 Å². The van der Waals surface area contributed by atoms with Gasteiger partial charge in [-0.05, 0) is 68.5 Å². The molecule has 1 aromatic carbocycles. The van der Waals surface area contributed by atoms with E-state index >= 15 is 0 Å². The van der Waals surface area contributed by atoms with Crippen LogP contribution in [0.4, 0.5) is 4.79 Å². The molecule has 2 fully saturated rings. The summed E-state index contributed by atoms with van der Waals surface area (Å²) in [5.41, 5.74) is 1.09. The number of imide groups is 1. The molecule has 0 bridgehead atoms. The molecule has 0 unspecified atom stereocenters. The number of carbonyl (C=O) groups excluding carboxylic acids is 2. The number of hydrogen-bond donors (Lipinski definition) is 1. The molecule has 2 aliphatic rings. The third kappa shape index (κ3) is 4.04. The molecule has 1 aliphatic heterocycles. The lowest BCUT2D eigenvalue weighted by Gasteiger charge is -2.28. The Morgan fingerprint density at radius 2 is 1.85 bits per heavy atom. The number of carbonyl (C=O) groups is 2. The molecule has 1 saturated heterocycles. The second-order valence-electron chi connectivity index (χ2n) is 6.37. The van der Waals surface area contributed by atoms with Crippen molar-refractivity contribution >= 4 is 49.9 Å². The Balaban J connectivity index is 1.82. The number of urea groups is 1. The fraction of sp³-hybridized carbons (Fsp3) is 0.368. The summed E-state index contributed by atoms with van der Waals surface area (Å²) < 4.78 is 7.10. The first-order valence-corrected chi connectivity index (χ1v) is 10.2. The van der Waals surface area contributed by atoms with Gasteiger partial charge in [0.25, 0.3) is 5.91 Å². The van der Waals surface area contributed by atoms with Crippen molar-refractivity contribution in [2.24, 2.45) is 0 Å². The van der Waals surface area contributed by atoms with E-state index in [2.05, 4.69) is 43.8 Å². The molecule has 0 radical (unpaired) electrons. The fourth-order valence-electron chi connectivity index (χ4n) is 3.33. The molecular formula is C19H20Br2N2O3. The minimum absolute atomic E-state index is 0.00954. The maximum atomic E-state index is 12.7. The Hall–Kier alpha value is -1.60. The van der Waals surface area contributed by atoms with Crippen molar-refractivity contribution in [3.8, 4) is 5.75 Å². The van der Waals surface area contributed by atoms with E-state index in [1.54, 1.807) is 12.2 Å². The highest BCUT2D eigenvalue weighted by Gasteiger charge is 2.38. The van der Waals surface area contributed by atoms with E-state index in [-0.39, 0.29) is 18.0 Å². The second kappa shape index (κ2) is 8.39. The first kappa shape index (κ1) is 19.2. The number of nitrogens with one attached hydrogen (secondary N) is 1. The highest BCUT2D eigenvalue weighted by molar-refractivity contribution is 9.11. The molecule has 1 aromatic rings. The molecule has 138 valence electrons. The van der Waals surface area contributed by atoms with E-state index in [0.717, 1.165) is 40.2 Å². The van der Waals surface area contributed by atoms with Gasteiger partial charge in [0.1, 0.15) is 18.1 Å². The van der Waals surface area contributed by atoms with Crippen LogP contribution in [0.2, 0.25) is 0 Å². The van der Waals surface area contributed by atoms with Gasteiger partial charge < -0.3 is 10.1 Å². The van der Waals surface area contributed by atoms with Crippen LogP contribution < -0.4 is 10.1 Å². The van der Waals surface area contributed by atoms with Crippen LogP contribution in [0, 0.1) is 0 Å². The van der Waals surface area contributed by atoms with Crippen molar-refractivity contribution in [1.82, 2.24) is 10.2 Å². The quantitative estimate of drug-likeness (QED) is 0.364. The zero-order valence-electron chi connectivity index (χ0n) is 14.3. The summed E-state index contributed by atoms with van der Waals surface area (Å²) >= 11 is 6.96. The van der Waals surface area contributed by atoms with Crippen LogP contribution in [0.15, 0.2) is 39.4 Å². The maximum Gasteiger partial charge on any atom is 0.329 e. The third-order valence-corrected chi connectivity index (χ3v) is 5.70. The predicted octanol–water partition coefficient (Wildman–Crippen LogP) is 5.00. The molecule has 26 heavy (non-hydrogen) atoms. The second-order valence-corrected chi connectivity index (χ2v) is 8.08. The van der Waals surface area contributed by atoms with Gasteiger partial charge in [0.05, 0.1) is 8.95 Å². The average molecular weight is 484 g/mol. The van der Waals surface area contributed by atoms with Gasteiger partial charge in [-0.1, -0.05) is 31.9 Å². The number of hydrogen-bond acceptors (Lipinski definition) is 3. The van der Waals surface area contributed by atoms with E-state index < -0.39 is 0 Å². The van der Waals surface area contributed by atoms with Crippen molar-refractivity contribution in [3.05, 3.63) is 45.0 Å². The zero-order valence-corrected chi connectivity index (χ0v) is 17.4. The lowest BCUT2D eigenvalue weighted by atomic mass is 9.94. The minimum Gasteiger partial charge on any atom is -0.487 e. The van der Waals surface area contributed by atoms with Crippen molar-refractivity contribution in [3.63, 3.8) is 0 Å². The van der Waals surface area contributed by atoms with Crippen LogP contribution in [0.1, 0.15) is 37.7 Å². The number of nitrogens with zero attached hydrogens (tertiary/aromatic N) is 1. The van der Waals surface area contributed by atoms with Crippen LogP contribution in [-0.2, 0) is 4.79 Å². The third-order valence-electron chi connectivity index (χ3n) is 4.53. The van der Waals surface area contributed by atoms with Gasteiger partial charge in [-0.3, -0.25) is 9.69 Å². The first-order valence-electron chi connectivity index (χ1n) is 8.60. The monoisotopic (exact) mass is 482 g/mol. The molecule has 1 aliphatic carbocycles. The highest BCUT2D eigenvalue weighted by atomic mass is 79.9. The normalized spacial score (nSPS) is 19.8. The van der Waals surface area contributed by atoms with E-state index in [1.165, 1.54) is 11.3 Å². The van der Waals surface area contributed by atoms with Crippen LogP contribution in [0.25, 0.3) is 6.08 Å². The Morgan fingerprint density at radius 3 is 2.46 bits per heavy atom. The van der Waals surface area contributed by atoms with Crippen LogP contribution in [0.5, 0.6) is 5.75 Å². The predicted molar refractivity (Wildman–Crippen MR) is 108 cm³/mol. The summed E-state index contributed by atoms with van der Waals surface area (Å²) in [5.74, 6) is 0.416. The van der Waals surface area contributed by atoms with Gasteiger partial charge in [-0.2, -0.15) is 0 Å².